The summed E-state index contributed by atoms with van der Waals surface area (Å²) in [6, 6.07) is 0. The first-order valence-electron chi connectivity index (χ1n) is 4.15. The van der Waals surface area contributed by atoms with Gasteiger partial charge in [0, 0.05) is 11.3 Å². The molecule has 2 heterocycles. The molecule has 0 aromatic carbocycles. The molecule has 0 fully saturated rings. The smallest absolute Gasteiger partial charge is 0.374 e. The molecule has 0 spiro atoms. The standard InChI is InChI=1S/C8H9N3O2S/c9-6-4-1-2-14-3-5(4)10-7(11-6)8(12)13/h1-3H2,(H,12,13)(H2,9,10,11). The van der Waals surface area contributed by atoms with E-state index in [1.165, 1.54) is 0 Å². The van der Waals surface area contributed by atoms with Crippen LogP contribution in [0.3, 0.4) is 0 Å². The quantitative estimate of drug-likeness (QED) is 0.705. The number of fused-ring (bicyclic) bond motifs is 1. The van der Waals surface area contributed by atoms with E-state index >= 15 is 0 Å². The topological polar surface area (TPSA) is 89.1 Å². The lowest BCUT2D eigenvalue weighted by Crippen LogP contribution is -2.15. The summed E-state index contributed by atoms with van der Waals surface area (Å²) in [5.74, 6) is 0.696. The van der Waals surface area contributed by atoms with Gasteiger partial charge in [0.1, 0.15) is 5.82 Å². The van der Waals surface area contributed by atoms with Crippen LogP contribution in [-0.4, -0.2) is 26.8 Å². The van der Waals surface area contributed by atoms with Crippen molar-refractivity contribution in [2.75, 3.05) is 11.5 Å². The molecule has 0 atom stereocenters. The molecule has 0 saturated heterocycles. The van der Waals surface area contributed by atoms with Crippen LogP contribution in [0, 0.1) is 0 Å². The van der Waals surface area contributed by atoms with Crippen LogP contribution in [0.2, 0.25) is 0 Å². The Bertz CT molecular complexity index is 394. The molecule has 0 aliphatic carbocycles. The van der Waals surface area contributed by atoms with Gasteiger partial charge in [0.15, 0.2) is 0 Å². The fourth-order valence-corrected chi connectivity index (χ4v) is 2.31. The molecule has 0 unspecified atom stereocenters. The van der Waals surface area contributed by atoms with Crippen molar-refractivity contribution in [2.24, 2.45) is 0 Å². The molecule has 14 heavy (non-hydrogen) atoms. The lowest BCUT2D eigenvalue weighted by atomic mass is 10.1. The van der Waals surface area contributed by atoms with Gasteiger partial charge in [0.05, 0.1) is 5.69 Å². The van der Waals surface area contributed by atoms with E-state index in [0.717, 1.165) is 29.2 Å². The lowest BCUT2D eigenvalue weighted by Gasteiger charge is -2.15. The van der Waals surface area contributed by atoms with Gasteiger partial charge in [0.2, 0.25) is 5.82 Å². The van der Waals surface area contributed by atoms with Gasteiger partial charge in [-0.05, 0) is 12.2 Å². The number of rotatable bonds is 1. The van der Waals surface area contributed by atoms with E-state index in [1.54, 1.807) is 11.8 Å². The van der Waals surface area contributed by atoms with E-state index in [2.05, 4.69) is 9.97 Å². The van der Waals surface area contributed by atoms with Crippen molar-refractivity contribution in [3.8, 4) is 0 Å². The van der Waals surface area contributed by atoms with Crippen LogP contribution in [0.4, 0.5) is 5.82 Å². The molecule has 1 aromatic rings. The Morgan fingerprint density at radius 3 is 3.00 bits per heavy atom. The number of hydrogen-bond acceptors (Lipinski definition) is 5. The maximum atomic E-state index is 10.7. The molecule has 0 amide bonds. The largest absolute Gasteiger partial charge is 0.475 e. The average molecular weight is 211 g/mol. The van der Waals surface area contributed by atoms with Crippen LogP contribution >= 0.6 is 11.8 Å². The van der Waals surface area contributed by atoms with Gasteiger partial charge in [0.25, 0.3) is 0 Å². The summed E-state index contributed by atoms with van der Waals surface area (Å²) in [7, 11) is 0. The molecule has 2 rings (SSSR count). The molecule has 74 valence electrons. The normalized spacial score (nSPS) is 14.9. The Labute approximate surface area is 84.7 Å². The highest BCUT2D eigenvalue weighted by Crippen LogP contribution is 2.26. The third-order valence-electron chi connectivity index (χ3n) is 2.05. The Hall–Kier alpha value is -1.30. The summed E-state index contributed by atoms with van der Waals surface area (Å²) in [5, 5.41) is 8.72. The second-order valence-corrected chi connectivity index (χ2v) is 4.07. The van der Waals surface area contributed by atoms with E-state index in [-0.39, 0.29) is 5.82 Å². The van der Waals surface area contributed by atoms with Gasteiger partial charge in [-0.25, -0.2) is 14.8 Å². The number of nitrogens with two attached hydrogens (primary N) is 1. The molecule has 3 N–H and O–H groups in total. The van der Waals surface area contributed by atoms with Gasteiger partial charge in [-0.15, -0.1) is 0 Å². The Morgan fingerprint density at radius 1 is 1.50 bits per heavy atom. The van der Waals surface area contributed by atoms with Crippen molar-refractivity contribution in [2.45, 2.75) is 12.2 Å². The molecule has 5 nitrogen and oxygen atoms in total. The Kier molecular flexibility index (Phi) is 2.28. The van der Waals surface area contributed by atoms with E-state index in [0.29, 0.717) is 5.82 Å². The molecular weight excluding hydrogens is 202 g/mol. The average Bonchev–Trinajstić information content (AvgIpc) is 2.17. The van der Waals surface area contributed by atoms with Crippen molar-refractivity contribution < 1.29 is 9.90 Å². The van der Waals surface area contributed by atoms with Gasteiger partial charge in [-0.3, -0.25) is 0 Å². The number of carboxylic acid groups (broad SMARTS) is 1. The summed E-state index contributed by atoms with van der Waals surface area (Å²) < 4.78 is 0. The molecule has 0 radical (unpaired) electrons. The number of carbonyl (C=O) groups is 1. The zero-order valence-corrected chi connectivity index (χ0v) is 8.17. The number of nitrogens with zero attached hydrogens (tertiary/aromatic N) is 2. The van der Waals surface area contributed by atoms with Gasteiger partial charge >= 0.3 is 5.97 Å². The number of hydrogen-bond donors (Lipinski definition) is 2. The molecular formula is C8H9N3O2S. The molecule has 1 aromatic heterocycles. The highest BCUT2D eigenvalue weighted by atomic mass is 32.2. The summed E-state index contributed by atoms with van der Waals surface area (Å²) in [5.41, 5.74) is 7.34. The molecule has 0 bridgehead atoms. The van der Waals surface area contributed by atoms with Crippen molar-refractivity contribution in [3.05, 3.63) is 17.1 Å². The zero-order valence-electron chi connectivity index (χ0n) is 7.36. The highest BCUT2D eigenvalue weighted by molar-refractivity contribution is 7.98. The predicted octanol–water partition coefficient (Wildman–Crippen LogP) is 0.546. The molecule has 0 saturated carbocycles. The van der Waals surface area contributed by atoms with E-state index in [9.17, 15) is 4.79 Å². The fourth-order valence-electron chi connectivity index (χ4n) is 1.38. The van der Waals surface area contributed by atoms with Crippen molar-refractivity contribution in [3.63, 3.8) is 0 Å². The maximum Gasteiger partial charge on any atom is 0.374 e. The SMILES string of the molecule is Nc1nc(C(=O)O)nc2c1CCSC2. The molecule has 1 aliphatic rings. The monoisotopic (exact) mass is 211 g/mol. The Morgan fingerprint density at radius 2 is 2.29 bits per heavy atom. The van der Waals surface area contributed by atoms with Gasteiger partial charge in [-0.2, -0.15) is 11.8 Å². The predicted molar refractivity (Wildman–Crippen MR) is 53.3 cm³/mol. The minimum Gasteiger partial charge on any atom is -0.475 e. The second kappa shape index (κ2) is 3.45. The first kappa shape index (κ1) is 9.26. The van der Waals surface area contributed by atoms with Crippen LogP contribution in [0.15, 0.2) is 0 Å². The number of thioether (sulfide) groups is 1. The maximum absolute atomic E-state index is 10.7. The van der Waals surface area contributed by atoms with Crippen LogP contribution in [-0.2, 0) is 12.2 Å². The second-order valence-electron chi connectivity index (χ2n) is 2.97. The van der Waals surface area contributed by atoms with Gasteiger partial charge in [-0.1, -0.05) is 0 Å². The van der Waals surface area contributed by atoms with Crippen LogP contribution in [0.5, 0.6) is 0 Å². The third kappa shape index (κ3) is 1.52. The summed E-state index contributed by atoms with van der Waals surface area (Å²) >= 11 is 1.73. The van der Waals surface area contributed by atoms with E-state index in [1.807, 2.05) is 0 Å². The van der Waals surface area contributed by atoms with E-state index in [4.69, 9.17) is 10.8 Å². The lowest BCUT2D eigenvalue weighted by molar-refractivity contribution is 0.0683. The fraction of sp³-hybridized carbons (Fsp3) is 0.375. The number of aromatic carboxylic acids is 1. The highest BCUT2D eigenvalue weighted by Gasteiger charge is 2.18. The number of carboxylic acids is 1. The van der Waals surface area contributed by atoms with E-state index < -0.39 is 5.97 Å². The number of aromatic nitrogens is 2. The summed E-state index contributed by atoms with van der Waals surface area (Å²) in [4.78, 5) is 18.4. The van der Waals surface area contributed by atoms with Crippen LogP contribution in [0.25, 0.3) is 0 Å². The first-order valence-corrected chi connectivity index (χ1v) is 5.30. The van der Waals surface area contributed by atoms with Crippen molar-refractivity contribution in [1.82, 2.24) is 9.97 Å². The van der Waals surface area contributed by atoms with Crippen molar-refractivity contribution >= 4 is 23.5 Å². The zero-order chi connectivity index (χ0) is 10.1. The van der Waals surface area contributed by atoms with Crippen molar-refractivity contribution in [1.29, 1.82) is 0 Å². The van der Waals surface area contributed by atoms with Crippen LogP contribution < -0.4 is 5.73 Å². The Balaban J connectivity index is 2.51. The minimum atomic E-state index is -1.13. The van der Waals surface area contributed by atoms with Gasteiger partial charge < -0.3 is 10.8 Å². The number of anilines is 1. The number of nitrogen functional groups attached to an aromatic ring is 1. The third-order valence-corrected chi connectivity index (χ3v) is 3.02. The molecule has 6 heteroatoms. The summed E-state index contributed by atoms with van der Waals surface area (Å²) in [6.45, 7) is 0. The summed E-state index contributed by atoms with van der Waals surface area (Å²) in [6.07, 6.45) is 0.825. The molecule has 1 aliphatic heterocycles. The van der Waals surface area contributed by atoms with Crippen LogP contribution in [0.1, 0.15) is 21.9 Å². The minimum absolute atomic E-state index is 0.205. The first-order chi connectivity index (χ1) is 6.68.